The zero-order valence-electron chi connectivity index (χ0n) is 19.7. The van der Waals surface area contributed by atoms with Crippen LogP contribution in [-0.4, -0.2) is 56.2 Å². The van der Waals surface area contributed by atoms with Gasteiger partial charge in [0.05, 0.1) is 37.2 Å². The number of fused-ring (bicyclic) bond motifs is 2. The third kappa shape index (κ3) is 4.81. The lowest BCUT2D eigenvalue weighted by Gasteiger charge is -2.29. The van der Waals surface area contributed by atoms with Gasteiger partial charge in [0.1, 0.15) is 0 Å². The quantitative estimate of drug-likeness (QED) is 0.411. The zero-order valence-corrected chi connectivity index (χ0v) is 21.8. The van der Waals surface area contributed by atoms with Crippen molar-refractivity contribution in [1.82, 2.24) is 15.5 Å². The lowest BCUT2D eigenvalue weighted by molar-refractivity contribution is 0.0984. The molecule has 0 saturated carbocycles. The first-order valence-electron chi connectivity index (χ1n) is 11.6. The predicted octanol–water partition coefficient (Wildman–Crippen LogP) is 4.16. The van der Waals surface area contributed by atoms with Crippen LogP contribution in [0.4, 0.5) is 5.69 Å². The Morgan fingerprint density at radius 3 is 2.66 bits per heavy atom. The Balaban J connectivity index is 1.57. The molecule has 0 bridgehead atoms. The van der Waals surface area contributed by atoms with Gasteiger partial charge in [0.15, 0.2) is 23.0 Å². The summed E-state index contributed by atoms with van der Waals surface area (Å²) in [6.45, 7) is 1.69. The molecule has 9 nitrogen and oxygen atoms in total. The van der Waals surface area contributed by atoms with Gasteiger partial charge in [0.2, 0.25) is 6.79 Å². The molecule has 0 spiro atoms. The van der Waals surface area contributed by atoms with Gasteiger partial charge in [-0.15, -0.1) is 0 Å². The Hall–Kier alpha value is -2.86. The molecule has 2 aliphatic rings. The first-order valence-corrected chi connectivity index (χ1v) is 12.7. The van der Waals surface area contributed by atoms with Crippen LogP contribution >= 0.6 is 22.6 Å². The lowest BCUT2D eigenvalue weighted by Crippen LogP contribution is -2.40. The summed E-state index contributed by atoms with van der Waals surface area (Å²) in [5.41, 5.74) is 1.85. The van der Waals surface area contributed by atoms with Crippen molar-refractivity contribution in [3.05, 3.63) is 39.6 Å². The van der Waals surface area contributed by atoms with E-state index in [-0.39, 0.29) is 12.7 Å². The molecule has 0 radical (unpaired) electrons. The van der Waals surface area contributed by atoms with Gasteiger partial charge in [-0.2, -0.15) is 10.2 Å². The van der Waals surface area contributed by atoms with Crippen molar-refractivity contribution < 1.29 is 23.7 Å². The maximum Gasteiger partial charge on any atom is 0.259 e. The van der Waals surface area contributed by atoms with E-state index in [4.69, 9.17) is 18.9 Å². The van der Waals surface area contributed by atoms with Gasteiger partial charge in [0.25, 0.3) is 5.91 Å². The third-order valence-electron chi connectivity index (χ3n) is 6.47. The second-order valence-corrected chi connectivity index (χ2v) is 9.69. The fourth-order valence-electron chi connectivity index (χ4n) is 4.60. The second-order valence-electron chi connectivity index (χ2n) is 8.53. The van der Waals surface area contributed by atoms with Crippen LogP contribution in [0.1, 0.15) is 36.0 Å². The van der Waals surface area contributed by atoms with Crippen LogP contribution in [0.5, 0.6) is 23.0 Å². The maximum atomic E-state index is 14.1. The average molecular weight is 590 g/mol. The van der Waals surface area contributed by atoms with E-state index in [1.807, 2.05) is 12.1 Å². The number of nitrogens with one attached hydrogen (secondary N) is 1. The minimum absolute atomic E-state index is 0.141. The number of carbonyl (C=O) groups is 1. The highest BCUT2D eigenvalue weighted by atomic mass is 127. The van der Waals surface area contributed by atoms with Crippen LogP contribution in [0, 0.1) is 3.57 Å². The topological polar surface area (TPSA) is 95.0 Å². The van der Waals surface area contributed by atoms with E-state index >= 15 is 0 Å². The third-order valence-corrected chi connectivity index (χ3v) is 7.36. The van der Waals surface area contributed by atoms with E-state index in [0.29, 0.717) is 52.4 Å². The molecule has 1 amide bonds. The van der Waals surface area contributed by atoms with Crippen molar-refractivity contribution >= 4 is 45.1 Å². The first kappa shape index (κ1) is 23.9. The summed E-state index contributed by atoms with van der Waals surface area (Å²) in [7, 11) is 3.15. The number of nitrogens with zero attached hydrogens (tertiary/aromatic N) is 3. The van der Waals surface area contributed by atoms with Crippen LogP contribution in [0.2, 0.25) is 0 Å². The van der Waals surface area contributed by atoms with Crippen LogP contribution < -0.4 is 29.2 Å². The number of halogens is 1. The van der Waals surface area contributed by atoms with Crippen LogP contribution in [-0.2, 0) is 0 Å². The molecule has 0 aliphatic carbocycles. The number of amides is 1. The first-order chi connectivity index (χ1) is 17.1. The van der Waals surface area contributed by atoms with E-state index < -0.39 is 0 Å². The fraction of sp³-hybridized carbons (Fsp3) is 0.400. The number of carbonyl (C=O) groups excluding carboxylic acids is 1. The number of piperidine rings is 1. The molecule has 3 aromatic rings. The molecule has 10 heteroatoms. The largest absolute Gasteiger partial charge is 0.493 e. The molecular weight excluding hydrogens is 563 g/mol. The molecule has 1 N–H and O–H groups in total. The number of hydrogen-bond acceptors (Lipinski definition) is 8. The fourth-order valence-corrected chi connectivity index (χ4v) is 5.27. The summed E-state index contributed by atoms with van der Waals surface area (Å²) >= 11 is 2.16. The number of aromatic nitrogens is 2. The summed E-state index contributed by atoms with van der Waals surface area (Å²) in [5.74, 6) is 2.20. The highest BCUT2D eigenvalue weighted by molar-refractivity contribution is 14.1. The van der Waals surface area contributed by atoms with Gasteiger partial charge >= 0.3 is 0 Å². The summed E-state index contributed by atoms with van der Waals surface area (Å²) < 4.78 is 22.8. The van der Waals surface area contributed by atoms with Gasteiger partial charge in [-0.05, 0) is 66.6 Å². The monoisotopic (exact) mass is 590 g/mol. The number of rotatable bonds is 7. The molecule has 1 unspecified atom stereocenters. The van der Waals surface area contributed by atoms with Crippen molar-refractivity contribution in [3.8, 4) is 23.0 Å². The smallest absolute Gasteiger partial charge is 0.259 e. The molecule has 2 aliphatic heterocycles. The SMILES string of the molecule is COc1cc(I)c(C(=O)N(CCC2CCCCN2)c2cnnc3cc4c(cc23)OCO4)cc1OC. The summed E-state index contributed by atoms with van der Waals surface area (Å²) in [6, 6.07) is 7.60. The molecular formula is C25H27IN4O5. The number of ether oxygens (including phenoxy) is 4. The highest BCUT2D eigenvalue weighted by Gasteiger charge is 2.27. The molecule has 2 aromatic carbocycles. The summed E-state index contributed by atoms with van der Waals surface area (Å²) in [4.78, 5) is 15.9. The van der Waals surface area contributed by atoms with Gasteiger partial charge in [-0.25, -0.2) is 0 Å². The Morgan fingerprint density at radius 1 is 1.14 bits per heavy atom. The Morgan fingerprint density at radius 2 is 1.91 bits per heavy atom. The molecule has 1 aromatic heterocycles. The zero-order chi connectivity index (χ0) is 24.4. The van der Waals surface area contributed by atoms with E-state index in [1.165, 1.54) is 12.8 Å². The summed E-state index contributed by atoms with van der Waals surface area (Å²) in [6.07, 6.45) is 5.95. The van der Waals surface area contributed by atoms with E-state index in [2.05, 4.69) is 38.1 Å². The lowest BCUT2D eigenvalue weighted by atomic mass is 10.0. The number of benzene rings is 2. The molecule has 5 rings (SSSR count). The molecule has 1 saturated heterocycles. The van der Waals surface area contributed by atoms with Gasteiger partial charge in [-0.3, -0.25) is 4.79 Å². The minimum atomic E-state index is -0.141. The molecule has 3 heterocycles. The molecule has 184 valence electrons. The van der Waals surface area contributed by atoms with E-state index in [0.717, 1.165) is 28.3 Å². The van der Waals surface area contributed by atoms with E-state index in [1.54, 1.807) is 37.4 Å². The standard InChI is InChI=1S/C25H27IN4O5/c1-32-21-9-16(18(26)11-22(21)33-2)25(31)30(8-6-15-5-3-4-7-27-15)20-13-28-29-19-12-24-23(10-17(19)20)34-14-35-24/h9-13,15,27H,3-8,14H2,1-2H3. The van der Waals surface area contributed by atoms with Gasteiger partial charge in [-0.1, -0.05) is 6.42 Å². The predicted molar refractivity (Wildman–Crippen MR) is 140 cm³/mol. The van der Waals surface area contributed by atoms with Crippen LogP contribution in [0.25, 0.3) is 10.9 Å². The van der Waals surface area contributed by atoms with Crippen molar-refractivity contribution in [2.75, 3.05) is 39.0 Å². The average Bonchev–Trinajstić information content (AvgIpc) is 3.35. The van der Waals surface area contributed by atoms with Crippen molar-refractivity contribution in [3.63, 3.8) is 0 Å². The van der Waals surface area contributed by atoms with Gasteiger partial charge in [0, 0.05) is 27.6 Å². The number of hydrogen-bond donors (Lipinski definition) is 1. The Kier molecular flexibility index (Phi) is 7.09. The van der Waals surface area contributed by atoms with E-state index in [9.17, 15) is 4.79 Å². The molecule has 35 heavy (non-hydrogen) atoms. The van der Waals surface area contributed by atoms with Crippen LogP contribution in [0.15, 0.2) is 30.5 Å². The normalized spacial score (nSPS) is 16.8. The maximum absolute atomic E-state index is 14.1. The van der Waals surface area contributed by atoms with Gasteiger partial charge < -0.3 is 29.2 Å². The minimum Gasteiger partial charge on any atom is -0.493 e. The molecule has 1 atom stereocenters. The Labute approximate surface area is 217 Å². The van der Waals surface area contributed by atoms with Crippen molar-refractivity contribution in [2.45, 2.75) is 31.7 Å². The van der Waals surface area contributed by atoms with Crippen LogP contribution in [0.3, 0.4) is 0 Å². The number of methoxy groups -OCH3 is 2. The Bertz CT molecular complexity index is 1250. The highest BCUT2D eigenvalue weighted by Crippen LogP contribution is 2.39. The molecule has 1 fully saturated rings. The summed E-state index contributed by atoms with van der Waals surface area (Å²) in [5, 5.41) is 12.9. The second kappa shape index (κ2) is 10.4. The van der Waals surface area contributed by atoms with Crippen molar-refractivity contribution in [1.29, 1.82) is 0 Å². The van der Waals surface area contributed by atoms with Crippen molar-refractivity contribution in [2.24, 2.45) is 0 Å². The number of anilines is 1.